The third-order valence-electron chi connectivity index (χ3n) is 3.67. The minimum absolute atomic E-state index is 0.196. The van der Waals surface area contributed by atoms with Gasteiger partial charge < -0.3 is 5.32 Å². The van der Waals surface area contributed by atoms with Crippen LogP contribution in [0.15, 0.2) is 18.2 Å². The molecule has 18 heavy (non-hydrogen) atoms. The maximum atomic E-state index is 10.9. The van der Waals surface area contributed by atoms with Gasteiger partial charge in [-0.05, 0) is 31.7 Å². The molecule has 0 heterocycles. The Labute approximate surface area is 108 Å². The molecule has 98 valence electrons. The lowest BCUT2D eigenvalue weighted by molar-refractivity contribution is -0.385. The van der Waals surface area contributed by atoms with Crippen LogP contribution in [0.25, 0.3) is 0 Å². The largest absolute Gasteiger partial charge is 0.382 e. The van der Waals surface area contributed by atoms with Crippen LogP contribution in [0.2, 0.25) is 0 Å². The van der Waals surface area contributed by atoms with Crippen LogP contribution in [0.4, 0.5) is 11.4 Å². The van der Waals surface area contributed by atoms with Gasteiger partial charge in [-0.15, -0.1) is 0 Å². The molecule has 1 aromatic carbocycles. The molecule has 0 radical (unpaired) electrons. The highest BCUT2D eigenvalue weighted by Crippen LogP contribution is 2.35. The van der Waals surface area contributed by atoms with Crippen molar-refractivity contribution in [1.29, 1.82) is 0 Å². The summed E-state index contributed by atoms with van der Waals surface area (Å²) in [6.07, 6.45) is 4.91. The highest BCUT2D eigenvalue weighted by Gasteiger charge is 2.25. The molecule has 1 unspecified atom stereocenters. The van der Waals surface area contributed by atoms with Crippen LogP contribution in [-0.4, -0.2) is 11.0 Å². The Bertz CT molecular complexity index is 441. The van der Waals surface area contributed by atoms with E-state index in [1.54, 1.807) is 12.1 Å². The molecule has 1 saturated carbocycles. The third-order valence-corrected chi connectivity index (χ3v) is 3.67. The zero-order valence-electron chi connectivity index (χ0n) is 11.0. The molecule has 2 rings (SSSR count). The Morgan fingerprint density at radius 3 is 2.78 bits per heavy atom. The molecule has 0 aromatic heterocycles. The summed E-state index contributed by atoms with van der Waals surface area (Å²) in [5, 5.41) is 14.4. The number of rotatable bonds is 6. The second kappa shape index (κ2) is 5.38. The predicted octanol–water partition coefficient (Wildman–Crippen LogP) is 3.89. The van der Waals surface area contributed by atoms with E-state index < -0.39 is 0 Å². The van der Waals surface area contributed by atoms with Crippen molar-refractivity contribution in [3.05, 3.63) is 33.9 Å². The Kier molecular flexibility index (Phi) is 3.84. The summed E-state index contributed by atoms with van der Waals surface area (Å²) in [4.78, 5) is 10.6. The van der Waals surface area contributed by atoms with Crippen molar-refractivity contribution in [3.8, 4) is 0 Å². The van der Waals surface area contributed by atoms with Gasteiger partial charge in [-0.3, -0.25) is 10.1 Å². The van der Waals surface area contributed by atoms with Gasteiger partial charge in [0.1, 0.15) is 0 Å². The average Bonchev–Trinajstić information content (AvgIpc) is 3.14. The van der Waals surface area contributed by atoms with Crippen LogP contribution in [0.3, 0.4) is 0 Å². The minimum Gasteiger partial charge on any atom is -0.382 e. The Morgan fingerprint density at radius 2 is 2.22 bits per heavy atom. The highest BCUT2D eigenvalue weighted by molar-refractivity contribution is 5.60. The van der Waals surface area contributed by atoms with E-state index in [4.69, 9.17) is 0 Å². The summed E-state index contributed by atoms with van der Waals surface area (Å²) in [6, 6.07) is 5.66. The molecule has 1 aliphatic carbocycles. The lowest BCUT2D eigenvalue weighted by atomic mass is 10.1. The van der Waals surface area contributed by atoms with E-state index in [9.17, 15) is 10.1 Å². The van der Waals surface area contributed by atoms with E-state index in [0.29, 0.717) is 6.04 Å². The lowest BCUT2D eigenvalue weighted by Gasteiger charge is -2.19. The summed E-state index contributed by atoms with van der Waals surface area (Å²) in [6.45, 7) is 3.97. The van der Waals surface area contributed by atoms with E-state index in [1.807, 2.05) is 13.0 Å². The minimum atomic E-state index is -0.317. The molecule has 0 spiro atoms. The van der Waals surface area contributed by atoms with Crippen molar-refractivity contribution in [2.45, 2.75) is 45.6 Å². The standard InChI is InChI=1S/C14H20N2O2/c1-3-12(9-11-7-8-11)15-13-5-4-6-14(10(13)2)16(17)18/h4-6,11-12,15H,3,7-9H2,1-2H3. The molecular formula is C14H20N2O2. The van der Waals surface area contributed by atoms with E-state index >= 15 is 0 Å². The zero-order valence-corrected chi connectivity index (χ0v) is 11.0. The van der Waals surface area contributed by atoms with Crippen LogP contribution >= 0.6 is 0 Å². The summed E-state index contributed by atoms with van der Waals surface area (Å²) in [5.41, 5.74) is 1.83. The smallest absolute Gasteiger partial charge is 0.274 e. The van der Waals surface area contributed by atoms with E-state index in [-0.39, 0.29) is 10.6 Å². The van der Waals surface area contributed by atoms with Crippen molar-refractivity contribution >= 4 is 11.4 Å². The van der Waals surface area contributed by atoms with Gasteiger partial charge in [-0.2, -0.15) is 0 Å². The summed E-state index contributed by atoms with van der Waals surface area (Å²) < 4.78 is 0. The molecule has 1 atom stereocenters. The van der Waals surface area contributed by atoms with Gasteiger partial charge >= 0.3 is 0 Å². The number of benzene rings is 1. The molecule has 1 aromatic rings. The maximum Gasteiger partial charge on any atom is 0.274 e. The van der Waals surface area contributed by atoms with Crippen LogP contribution < -0.4 is 5.32 Å². The molecule has 4 heteroatoms. The summed E-state index contributed by atoms with van der Waals surface area (Å²) in [7, 11) is 0. The van der Waals surface area contributed by atoms with Gasteiger partial charge in [0.05, 0.1) is 4.92 Å². The van der Waals surface area contributed by atoms with Crippen LogP contribution in [-0.2, 0) is 0 Å². The highest BCUT2D eigenvalue weighted by atomic mass is 16.6. The van der Waals surface area contributed by atoms with Gasteiger partial charge in [0.25, 0.3) is 5.69 Å². The predicted molar refractivity (Wildman–Crippen MR) is 72.9 cm³/mol. The molecule has 1 aliphatic rings. The zero-order chi connectivity index (χ0) is 13.1. The normalized spacial score (nSPS) is 16.3. The molecule has 4 nitrogen and oxygen atoms in total. The van der Waals surface area contributed by atoms with E-state index in [1.165, 1.54) is 19.3 Å². The second-order valence-corrected chi connectivity index (χ2v) is 5.14. The van der Waals surface area contributed by atoms with Crippen molar-refractivity contribution in [2.75, 3.05) is 5.32 Å². The number of anilines is 1. The topological polar surface area (TPSA) is 55.2 Å². The van der Waals surface area contributed by atoms with Gasteiger partial charge in [0, 0.05) is 23.4 Å². The molecule has 0 bridgehead atoms. The lowest BCUT2D eigenvalue weighted by Crippen LogP contribution is -2.19. The summed E-state index contributed by atoms with van der Waals surface area (Å²) >= 11 is 0. The molecule has 0 saturated heterocycles. The quantitative estimate of drug-likeness (QED) is 0.613. The SMILES string of the molecule is CCC(CC1CC1)Nc1cccc([N+](=O)[O-])c1C. The Hall–Kier alpha value is -1.58. The summed E-state index contributed by atoms with van der Waals surface area (Å²) in [5.74, 6) is 0.862. The fourth-order valence-electron chi connectivity index (χ4n) is 2.28. The van der Waals surface area contributed by atoms with Crippen molar-refractivity contribution in [1.82, 2.24) is 0 Å². The monoisotopic (exact) mass is 248 g/mol. The Balaban J connectivity index is 2.11. The first kappa shape index (κ1) is 12.9. The van der Waals surface area contributed by atoms with Crippen molar-refractivity contribution in [3.63, 3.8) is 0 Å². The van der Waals surface area contributed by atoms with Gasteiger partial charge in [-0.1, -0.05) is 25.8 Å². The number of hydrogen-bond acceptors (Lipinski definition) is 3. The first-order valence-electron chi connectivity index (χ1n) is 6.62. The Morgan fingerprint density at radius 1 is 1.50 bits per heavy atom. The number of hydrogen-bond donors (Lipinski definition) is 1. The van der Waals surface area contributed by atoms with Crippen molar-refractivity contribution < 1.29 is 4.92 Å². The fourth-order valence-corrected chi connectivity index (χ4v) is 2.28. The molecule has 0 aliphatic heterocycles. The second-order valence-electron chi connectivity index (χ2n) is 5.14. The number of nitrogens with zero attached hydrogens (tertiary/aromatic N) is 1. The molecule has 1 fully saturated rings. The van der Waals surface area contributed by atoms with Gasteiger partial charge in [0.2, 0.25) is 0 Å². The average molecular weight is 248 g/mol. The molecule has 0 amide bonds. The number of nitro groups is 1. The first-order valence-corrected chi connectivity index (χ1v) is 6.62. The number of nitrogens with one attached hydrogen (secondary N) is 1. The van der Waals surface area contributed by atoms with E-state index in [2.05, 4.69) is 12.2 Å². The number of nitro benzene ring substituents is 1. The molecular weight excluding hydrogens is 228 g/mol. The van der Waals surface area contributed by atoms with Crippen molar-refractivity contribution in [2.24, 2.45) is 5.92 Å². The van der Waals surface area contributed by atoms with Crippen LogP contribution in [0.1, 0.15) is 38.2 Å². The van der Waals surface area contributed by atoms with Crippen LogP contribution in [0, 0.1) is 23.0 Å². The molecule has 1 N–H and O–H groups in total. The fraction of sp³-hybridized carbons (Fsp3) is 0.571. The van der Waals surface area contributed by atoms with Gasteiger partial charge in [0.15, 0.2) is 0 Å². The first-order chi connectivity index (χ1) is 8.61. The van der Waals surface area contributed by atoms with Crippen LogP contribution in [0.5, 0.6) is 0 Å². The maximum absolute atomic E-state index is 10.9. The van der Waals surface area contributed by atoms with E-state index in [0.717, 1.165) is 23.6 Å². The van der Waals surface area contributed by atoms with Gasteiger partial charge in [-0.25, -0.2) is 0 Å². The third kappa shape index (κ3) is 3.00.